The monoisotopic (exact) mass is 273 g/mol. The highest BCUT2D eigenvalue weighted by molar-refractivity contribution is 5.97. The highest BCUT2D eigenvalue weighted by Gasteiger charge is 2.21. The summed E-state index contributed by atoms with van der Waals surface area (Å²) in [6.07, 6.45) is 5.60. The molecule has 2 rings (SSSR count). The zero-order valence-electron chi connectivity index (χ0n) is 12.8. The van der Waals surface area contributed by atoms with E-state index >= 15 is 0 Å². The van der Waals surface area contributed by atoms with Gasteiger partial charge in [0.25, 0.3) is 0 Å². The van der Waals surface area contributed by atoms with Gasteiger partial charge in [0.1, 0.15) is 0 Å². The van der Waals surface area contributed by atoms with Gasteiger partial charge in [-0.1, -0.05) is 44.5 Å². The van der Waals surface area contributed by atoms with Crippen molar-refractivity contribution in [2.45, 2.75) is 46.0 Å². The minimum absolute atomic E-state index is 0.225. The van der Waals surface area contributed by atoms with E-state index < -0.39 is 0 Å². The zero-order chi connectivity index (χ0) is 14.4. The Bertz CT molecular complexity index is 416. The highest BCUT2D eigenvalue weighted by Crippen LogP contribution is 2.19. The van der Waals surface area contributed by atoms with Crippen LogP contribution in [0.1, 0.15) is 55.5 Å². The number of ketones is 1. The van der Waals surface area contributed by atoms with Gasteiger partial charge in [-0.3, -0.25) is 4.79 Å². The second-order valence-corrected chi connectivity index (χ2v) is 6.37. The maximum Gasteiger partial charge on any atom is 0.166 e. The van der Waals surface area contributed by atoms with E-state index in [0.29, 0.717) is 5.78 Å². The van der Waals surface area contributed by atoms with Crippen LogP contribution in [0.15, 0.2) is 24.3 Å². The highest BCUT2D eigenvalue weighted by atomic mass is 16.1. The average molecular weight is 273 g/mol. The van der Waals surface area contributed by atoms with Gasteiger partial charge in [-0.15, -0.1) is 0 Å². The average Bonchev–Trinajstić information content (AvgIpc) is 2.48. The van der Waals surface area contributed by atoms with E-state index in [-0.39, 0.29) is 5.92 Å². The summed E-state index contributed by atoms with van der Waals surface area (Å²) < 4.78 is 0. The first-order valence-electron chi connectivity index (χ1n) is 8.00. The second-order valence-electron chi connectivity index (χ2n) is 6.37. The van der Waals surface area contributed by atoms with Gasteiger partial charge in [-0.05, 0) is 50.3 Å². The molecule has 0 radical (unpaired) electrons. The summed E-state index contributed by atoms with van der Waals surface area (Å²) in [7, 11) is 0. The summed E-state index contributed by atoms with van der Waals surface area (Å²) in [5.74, 6) is 1.33. The molecule has 0 saturated carbocycles. The molecule has 0 amide bonds. The number of benzene rings is 1. The van der Waals surface area contributed by atoms with Crippen molar-refractivity contribution < 1.29 is 4.79 Å². The molecule has 1 heterocycles. The third-order valence-electron chi connectivity index (χ3n) is 4.20. The maximum absolute atomic E-state index is 12.4. The predicted octanol–water partition coefficient (Wildman–Crippen LogP) is 3.85. The fourth-order valence-corrected chi connectivity index (χ4v) is 2.87. The predicted molar refractivity (Wildman–Crippen MR) is 84.1 cm³/mol. The van der Waals surface area contributed by atoms with Gasteiger partial charge in [0.2, 0.25) is 0 Å². The summed E-state index contributed by atoms with van der Waals surface area (Å²) in [6, 6.07) is 8.31. The van der Waals surface area contributed by atoms with Gasteiger partial charge in [0.05, 0.1) is 0 Å². The number of carbonyl (C=O) groups excluding carboxylic acids is 1. The van der Waals surface area contributed by atoms with Crippen molar-refractivity contribution >= 4 is 5.78 Å². The molecule has 0 aromatic heterocycles. The molecule has 2 nitrogen and oxygen atoms in total. The molecule has 1 aromatic rings. The number of carbonyl (C=O) groups is 1. The van der Waals surface area contributed by atoms with Gasteiger partial charge >= 0.3 is 0 Å². The summed E-state index contributed by atoms with van der Waals surface area (Å²) in [5, 5.41) is 3.31. The van der Waals surface area contributed by atoms with Crippen LogP contribution in [0, 0.1) is 11.8 Å². The molecule has 1 fully saturated rings. The summed E-state index contributed by atoms with van der Waals surface area (Å²) in [6.45, 7) is 6.48. The van der Waals surface area contributed by atoms with E-state index in [4.69, 9.17) is 0 Å². The molecule has 0 bridgehead atoms. The Morgan fingerprint density at radius 1 is 1.20 bits per heavy atom. The number of aryl methyl sites for hydroxylation is 1. The molecule has 110 valence electrons. The van der Waals surface area contributed by atoms with Crippen molar-refractivity contribution in [2.24, 2.45) is 11.8 Å². The third-order valence-corrected chi connectivity index (χ3v) is 4.20. The molecule has 0 atom stereocenters. The summed E-state index contributed by atoms with van der Waals surface area (Å²) in [4.78, 5) is 12.4. The van der Waals surface area contributed by atoms with Crippen LogP contribution in [0.2, 0.25) is 0 Å². The van der Waals surface area contributed by atoms with Crippen LogP contribution in [0.3, 0.4) is 0 Å². The largest absolute Gasteiger partial charge is 0.317 e. The van der Waals surface area contributed by atoms with Crippen molar-refractivity contribution in [3.63, 3.8) is 0 Å². The Morgan fingerprint density at radius 2 is 1.85 bits per heavy atom. The maximum atomic E-state index is 12.4. The molecule has 1 saturated heterocycles. The number of Topliss-reactive ketones (excluding diaryl/α,β-unsaturated/α-hetero) is 1. The first-order chi connectivity index (χ1) is 9.66. The van der Waals surface area contributed by atoms with Crippen LogP contribution in [0.25, 0.3) is 0 Å². The van der Waals surface area contributed by atoms with E-state index in [1.165, 1.54) is 18.4 Å². The molecular weight excluding hydrogens is 246 g/mol. The second kappa shape index (κ2) is 7.58. The molecule has 20 heavy (non-hydrogen) atoms. The Labute approximate surface area is 123 Å². The summed E-state index contributed by atoms with van der Waals surface area (Å²) in [5.41, 5.74) is 2.25. The van der Waals surface area contributed by atoms with E-state index in [9.17, 15) is 4.79 Å². The smallest absolute Gasteiger partial charge is 0.166 e. The van der Waals surface area contributed by atoms with E-state index in [1.807, 2.05) is 12.1 Å². The van der Waals surface area contributed by atoms with Crippen LogP contribution in [-0.4, -0.2) is 18.9 Å². The lowest BCUT2D eigenvalue weighted by Crippen LogP contribution is -2.31. The molecule has 0 spiro atoms. The number of hydrogen-bond donors (Lipinski definition) is 1. The first-order valence-corrected chi connectivity index (χ1v) is 8.00. The topological polar surface area (TPSA) is 29.1 Å². The van der Waals surface area contributed by atoms with Crippen molar-refractivity contribution in [2.75, 3.05) is 13.1 Å². The Balaban J connectivity index is 1.88. The Hall–Kier alpha value is -1.15. The van der Waals surface area contributed by atoms with Gasteiger partial charge in [0, 0.05) is 11.5 Å². The van der Waals surface area contributed by atoms with E-state index in [1.54, 1.807) is 0 Å². The fraction of sp³-hybridized carbons (Fsp3) is 0.611. The lowest BCUT2D eigenvalue weighted by Gasteiger charge is -2.21. The van der Waals surface area contributed by atoms with E-state index in [0.717, 1.165) is 43.8 Å². The zero-order valence-corrected chi connectivity index (χ0v) is 12.8. The number of nitrogens with one attached hydrogen (secondary N) is 1. The minimum Gasteiger partial charge on any atom is -0.317 e. The molecule has 0 unspecified atom stereocenters. The Morgan fingerprint density at radius 3 is 2.45 bits per heavy atom. The summed E-state index contributed by atoms with van der Waals surface area (Å²) >= 11 is 0. The normalized spacial score (nSPS) is 16.6. The molecule has 1 aliphatic heterocycles. The van der Waals surface area contributed by atoms with E-state index in [2.05, 4.69) is 31.3 Å². The molecular formula is C18H27NO. The molecule has 1 aromatic carbocycles. The molecule has 1 N–H and O–H groups in total. The van der Waals surface area contributed by atoms with Crippen molar-refractivity contribution in [1.29, 1.82) is 0 Å². The number of piperidine rings is 1. The number of rotatable bonds is 6. The molecule has 2 heteroatoms. The first kappa shape index (κ1) is 15.2. The van der Waals surface area contributed by atoms with Crippen LogP contribution in [0.4, 0.5) is 0 Å². The van der Waals surface area contributed by atoms with Crippen LogP contribution in [-0.2, 0) is 6.42 Å². The molecule has 0 aliphatic carbocycles. The SMILES string of the molecule is CC(C)CCCc1ccc(C(=O)C2CCNCC2)cc1. The lowest BCUT2D eigenvalue weighted by atomic mass is 9.89. The lowest BCUT2D eigenvalue weighted by molar-refractivity contribution is 0.0895. The van der Waals surface area contributed by atoms with Crippen LogP contribution < -0.4 is 5.32 Å². The quantitative estimate of drug-likeness (QED) is 0.798. The molecule has 1 aliphatic rings. The van der Waals surface area contributed by atoms with Crippen LogP contribution >= 0.6 is 0 Å². The van der Waals surface area contributed by atoms with Crippen LogP contribution in [0.5, 0.6) is 0 Å². The Kier molecular flexibility index (Phi) is 5.78. The van der Waals surface area contributed by atoms with Crippen molar-refractivity contribution in [3.05, 3.63) is 35.4 Å². The third kappa shape index (κ3) is 4.45. The van der Waals surface area contributed by atoms with Gasteiger partial charge in [-0.25, -0.2) is 0 Å². The fourth-order valence-electron chi connectivity index (χ4n) is 2.87. The standard InChI is InChI=1S/C18H27NO/c1-14(2)4-3-5-15-6-8-16(9-7-15)18(20)17-10-12-19-13-11-17/h6-9,14,17,19H,3-5,10-13H2,1-2H3. The van der Waals surface area contributed by atoms with Crippen molar-refractivity contribution in [3.8, 4) is 0 Å². The minimum atomic E-state index is 0.225. The number of hydrogen-bond acceptors (Lipinski definition) is 2. The van der Waals surface area contributed by atoms with Gasteiger partial charge < -0.3 is 5.32 Å². The van der Waals surface area contributed by atoms with Gasteiger partial charge in [-0.2, -0.15) is 0 Å². The van der Waals surface area contributed by atoms with Crippen molar-refractivity contribution in [1.82, 2.24) is 5.32 Å². The van der Waals surface area contributed by atoms with Gasteiger partial charge in [0.15, 0.2) is 5.78 Å².